The fourth-order valence-electron chi connectivity index (χ4n) is 2.64. The number of hydrogen-bond donors (Lipinski definition) is 2. The summed E-state index contributed by atoms with van der Waals surface area (Å²) in [4.78, 5) is 0. The topological polar surface area (TPSA) is 47.3 Å². The standard InChI is InChI=1S/C14H22N2O/c1-10-6-7-14(17-2)13(8-10)16-12-5-3-4-11(12)9-15/h6-8,11-12,16H,3-5,9,15H2,1-2H3. The molecule has 3 N–H and O–H groups in total. The molecule has 1 fully saturated rings. The van der Waals surface area contributed by atoms with Crippen LogP contribution in [0.1, 0.15) is 24.8 Å². The van der Waals surface area contributed by atoms with Crippen LogP contribution in [0.25, 0.3) is 0 Å². The maximum Gasteiger partial charge on any atom is 0.141 e. The van der Waals surface area contributed by atoms with Gasteiger partial charge in [0.25, 0.3) is 0 Å². The Morgan fingerprint density at radius 1 is 1.41 bits per heavy atom. The molecule has 2 unspecified atom stereocenters. The van der Waals surface area contributed by atoms with Crippen LogP contribution in [-0.4, -0.2) is 19.7 Å². The molecule has 3 nitrogen and oxygen atoms in total. The van der Waals surface area contributed by atoms with Crippen molar-refractivity contribution in [2.24, 2.45) is 11.7 Å². The highest BCUT2D eigenvalue weighted by Gasteiger charge is 2.26. The summed E-state index contributed by atoms with van der Waals surface area (Å²) in [5.74, 6) is 1.51. The number of aryl methyl sites for hydroxylation is 1. The first-order valence-corrected chi connectivity index (χ1v) is 6.36. The third-order valence-corrected chi connectivity index (χ3v) is 3.66. The molecule has 0 heterocycles. The van der Waals surface area contributed by atoms with Gasteiger partial charge in [0.05, 0.1) is 12.8 Å². The molecule has 0 radical (unpaired) electrons. The lowest BCUT2D eigenvalue weighted by molar-refractivity contribution is 0.414. The number of ether oxygens (including phenoxy) is 1. The number of methoxy groups -OCH3 is 1. The molecule has 0 saturated heterocycles. The average Bonchev–Trinajstić information content (AvgIpc) is 2.77. The molecule has 2 rings (SSSR count). The molecule has 1 aromatic carbocycles. The van der Waals surface area contributed by atoms with Crippen molar-refractivity contribution in [3.05, 3.63) is 23.8 Å². The molecule has 1 aliphatic carbocycles. The predicted molar refractivity (Wildman–Crippen MR) is 71.5 cm³/mol. The van der Waals surface area contributed by atoms with Gasteiger partial charge in [0.15, 0.2) is 0 Å². The van der Waals surface area contributed by atoms with Crippen LogP contribution in [0.5, 0.6) is 5.75 Å². The van der Waals surface area contributed by atoms with Gasteiger partial charge in [0.2, 0.25) is 0 Å². The van der Waals surface area contributed by atoms with E-state index in [0.29, 0.717) is 12.0 Å². The third kappa shape index (κ3) is 2.72. The van der Waals surface area contributed by atoms with Crippen molar-refractivity contribution < 1.29 is 4.74 Å². The van der Waals surface area contributed by atoms with Crippen molar-refractivity contribution in [3.8, 4) is 5.75 Å². The minimum atomic E-state index is 0.496. The summed E-state index contributed by atoms with van der Waals surface area (Å²) in [7, 11) is 1.71. The molecular weight excluding hydrogens is 212 g/mol. The lowest BCUT2D eigenvalue weighted by Crippen LogP contribution is -2.29. The van der Waals surface area contributed by atoms with Gasteiger partial charge in [-0.25, -0.2) is 0 Å². The molecule has 1 saturated carbocycles. The van der Waals surface area contributed by atoms with Crippen molar-refractivity contribution in [1.82, 2.24) is 0 Å². The summed E-state index contributed by atoms with van der Waals surface area (Å²) < 4.78 is 5.39. The van der Waals surface area contributed by atoms with Crippen LogP contribution in [0.15, 0.2) is 18.2 Å². The minimum absolute atomic E-state index is 0.496. The SMILES string of the molecule is COc1ccc(C)cc1NC1CCCC1CN. The first-order chi connectivity index (χ1) is 8.24. The predicted octanol–water partition coefficient (Wildman–Crippen LogP) is 2.54. The van der Waals surface area contributed by atoms with Gasteiger partial charge in [0.1, 0.15) is 5.75 Å². The molecule has 0 amide bonds. The van der Waals surface area contributed by atoms with Crippen LogP contribution in [0.2, 0.25) is 0 Å². The molecule has 0 aliphatic heterocycles. The van der Waals surface area contributed by atoms with Crippen molar-refractivity contribution in [1.29, 1.82) is 0 Å². The second-order valence-corrected chi connectivity index (χ2v) is 4.88. The zero-order valence-corrected chi connectivity index (χ0v) is 10.7. The maximum absolute atomic E-state index is 5.81. The van der Waals surface area contributed by atoms with Crippen molar-refractivity contribution in [3.63, 3.8) is 0 Å². The van der Waals surface area contributed by atoms with Crippen LogP contribution in [-0.2, 0) is 0 Å². The van der Waals surface area contributed by atoms with E-state index in [9.17, 15) is 0 Å². The molecule has 94 valence electrons. The number of anilines is 1. The van der Waals surface area contributed by atoms with E-state index in [1.165, 1.54) is 24.8 Å². The van der Waals surface area contributed by atoms with Gasteiger partial charge in [-0.2, -0.15) is 0 Å². The zero-order valence-electron chi connectivity index (χ0n) is 10.7. The summed E-state index contributed by atoms with van der Waals surface area (Å²) in [6.45, 7) is 2.87. The number of nitrogens with two attached hydrogens (primary N) is 1. The Balaban J connectivity index is 2.14. The first kappa shape index (κ1) is 12.2. The van der Waals surface area contributed by atoms with Crippen molar-refractivity contribution >= 4 is 5.69 Å². The molecule has 17 heavy (non-hydrogen) atoms. The second-order valence-electron chi connectivity index (χ2n) is 4.88. The lowest BCUT2D eigenvalue weighted by atomic mass is 10.0. The van der Waals surface area contributed by atoms with Gasteiger partial charge in [-0.3, -0.25) is 0 Å². The van der Waals surface area contributed by atoms with Gasteiger partial charge < -0.3 is 15.8 Å². The summed E-state index contributed by atoms with van der Waals surface area (Å²) in [5.41, 5.74) is 8.15. The van der Waals surface area contributed by atoms with E-state index in [0.717, 1.165) is 18.0 Å². The van der Waals surface area contributed by atoms with Crippen LogP contribution in [0, 0.1) is 12.8 Å². The van der Waals surface area contributed by atoms with Crippen molar-refractivity contribution in [2.75, 3.05) is 19.0 Å². The molecule has 0 aromatic heterocycles. The Kier molecular flexibility index (Phi) is 3.89. The highest BCUT2D eigenvalue weighted by molar-refractivity contribution is 5.58. The molecule has 1 aliphatic rings. The zero-order chi connectivity index (χ0) is 12.3. The van der Waals surface area contributed by atoms with Gasteiger partial charge in [-0.15, -0.1) is 0 Å². The lowest BCUT2D eigenvalue weighted by Gasteiger charge is -2.22. The van der Waals surface area contributed by atoms with E-state index < -0.39 is 0 Å². The minimum Gasteiger partial charge on any atom is -0.495 e. The summed E-state index contributed by atoms with van der Waals surface area (Å²) in [5, 5.41) is 3.60. The average molecular weight is 234 g/mol. The largest absolute Gasteiger partial charge is 0.495 e. The Hall–Kier alpha value is -1.22. The van der Waals surface area contributed by atoms with Crippen LogP contribution >= 0.6 is 0 Å². The highest BCUT2D eigenvalue weighted by atomic mass is 16.5. The van der Waals surface area contributed by atoms with Gasteiger partial charge >= 0.3 is 0 Å². The number of hydrogen-bond acceptors (Lipinski definition) is 3. The third-order valence-electron chi connectivity index (χ3n) is 3.66. The van der Waals surface area contributed by atoms with Crippen molar-refractivity contribution in [2.45, 2.75) is 32.2 Å². The number of nitrogens with one attached hydrogen (secondary N) is 1. The number of rotatable bonds is 4. The van der Waals surface area contributed by atoms with E-state index >= 15 is 0 Å². The molecule has 2 atom stereocenters. The van der Waals surface area contributed by atoms with E-state index in [2.05, 4.69) is 24.4 Å². The number of benzene rings is 1. The van der Waals surface area contributed by atoms with E-state index in [4.69, 9.17) is 10.5 Å². The Bertz CT molecular complexity index is 378. The maximum atomic E-state index is 5.81. The Labute approximate surface area is 103 Å². The molecule has 1 aromatic rings. The van der Waals surface area contributed by atoms with Gasteiger partial charge in [0, 0.05) is 6.04 Å². The Morgan fingerprint density at radius 3 is 2.94 bits per heavy atom. The first-order valence-electron chi connectivity index (χ1n) is 6.36. The fourth-order valence-corrected chi connectivity index (χ4v) is 2.64. The Morgan fingerprint density at radius 2 is 2.24 bits per heavy atom. The van der Waals surface area contributed by atoms with Crippen LogP contribution in [0.3, 0.4) is 0 Å². The normalized spacial score (nSPS) is 23.7. The summed E-state index contributed by atoms with van der Waals surface area (Å²) in [6, 6.07) is 6.73. The molecule has 3 heteroatoms. The van der Waals surface area contributed by atoms with Crippen LogP contribution < -0.4 is 15.8 Å². The van der Waals surface area contributed by atoms with E-state index in [1.807, 2.05) is 6.07 Å². The van der Waals surface area contributed by atoms with Crippen LogP contribution in [0.4, 0.5) is 5.69 Å². The van der Waals surface area contributed by atoms with E-state index in [1.54, 1.807) is 7.11 Å². The summed E-state index contributed by atoms with van der Waals surface area (Å²) in [6.07, 6.45) is 3.72. The quantitative estimate of drug-likeness (QED) is 0.841. The molecule has 0 spiro atoms. The molecule has 0 bridgehead atoms. The van der Waals surface area contributed by atoms with Gasteiger partial charge in [-0.05, 0) is 49.9 Å². The fraction of sp³-hybridized carbons (Fsp3) is 0.571. The van der Waals surface area contributed by atoms with E-state index in [-0.39, 0.29) is 0 Å². The van der Waals surface area contributed by atoms with Gasteiger partial charge in [-0.1, -0.05) is 12.5 Å². The second kappa shape index (κ2) is 5.41. The summed E-state index contributed by atoms with van der Waals surface area (Å²) >= 11 is 0. The smallest absolute Gasteiger partial charge is 0.141 e. The highest BCUT2D eigenvalue weighted by Crippen LogP contribution is 2.32. The molecular formula is C14H22N2O. The monoisotopic (exact) mass is 234 g/mol.